The second-order valence-electron chi connectivity index (χ2n) is 8.75. The minimum atomic E-state index is -3.84. The Morgan fingerprint density at radius 2 is 1.86 bits per heavy atom. The topological polar surface area (TPSA) is 108 Å². The molecule has 1 aliphatic heterocycles. The van der Waals surface area contributed by atoms with Gasteiger partial charge in [0, 0.05) is 56.8 Å². The van der Waals surface area contributed by atoms with Crippen LogP contribution in [0.25, 0.3) is 10.9 Å². The average Bonchev–Trinajstić information content (AvgIpc) is 3.32. The highest BCUT2D eigenvalue weighted by Crippen LogP contribution is 2.25. The summed E-state index contributed by atoms with van der Waals surface area (Å²) in [5.74, 6) is -0.243. The summed E-state index contributed by atoms with van der Waals surface area (Å²) in [7, 11) is 1.14. The number of carbonyl (C=O) groups excluding carboxylic acids is 1. The van der Waals surface area contributed by atoms with Gasteiger partial charge in [0.15, 0.2) is 6.29 Å². The molecule has 4 rings (SSSR count). The number of methoxy groups -OCH3 is 2. The molecule has 10 nitrogen and oxygen atoms in total. The highest BCUT2D eigenvalue weighted by atomic mass is 35.5. The molecular weight excluding hydrogens is 518 g/mol. The number of benzene rings is 2. The Labute approximate surface area is 221 Å². The van der Waals surface area contributed by atoms with Gasteiger partial charge >= 0.3 is 0 Å². The van der Waals surface area contributed by atoms with E-state index in [-0.39, 0.29) is 30.3 Å². The van der Waals surface area contributed by atoms with E-state index < -0.39 is 10.0 Å². The molecule has 0 unspecified atom stereocenters. The van der Waals surface area contributed by atoms with Gasteiger partial charge in [0.05, 0.1) is 19.3 Å². The predicted molar refractivity (Wildman–Crippen MR) is 142 cm³/mol. The first-order chi connectivity index (χ1) is 17.7. The fourth-order valence-electron chi connectivity index (χ4n) is 4.02. The Morgan fingerprint density at radius 3 is 2.54 bits per heavy atom. The third-order valence-corrected chi connectivity index (χ3v) is 8.16. The first kappa shape index (κ1) is 27.1. The van der Waals surface area contributed by atoms with E-state index >= 15 is 0 Å². The van der Waals surface area contributed by atoms with Crippen molar-refractivity contribution in [3.05, 3.63) is 64.7 Å². The third-order valence-electron chi connectivity index (χ3n) is 6.16. The summed E-state index contributed by atoms with van der Waals surface area (Å²) in [6.07, 6.45) is 1.37. The number of likely N-dealkylation sites (N-methyl/N-ethyl adjacent to an activating group) is 1. The first-order valence-corrected chi connectivity index (χ1v) is 13.5. The normalized spacial score (nSPS) is 15.4. The maximum absolute atomic E-state index is 13.2. The van der Waals surface area contributed by atoms with Crippen LogP contribution in [0.15, 0.2) is 58.7 Å². The van der Waals surface area contributed by atoms with Crippen molar-refractivity contribution in [3.63, 3.8) is 0 Å². The summed E-state index contributed by atoms with van der Waals surface area (Å²) in [5.41, 5.74) is 2.52. The number of piperazine rings is 1. The van der Waals surface area contributed by atoms with Crippen molar-refractivity contribution in [2.75, 3.05) is 47.4 Å². The smallest absolute Gasteiger partial charge is 0.259 e. The monoisotopic (exact) mass is 547 g/mol. The zero-order valence-electron chi connectivity index (χ0n) is 20.9. The van der Waals surface area contributed by atoms with Crippen molar-refractivity contribution >= 4 is 44.6 Å². The van der Waals surface area contributed by atoms with E-state index in [0.29, 0.717) is 35.6 Å². The Hall–Kier alpha value is -2.96. The van der Waals surface area contributed by atoms with Crippen LogP contribution in [-0.4, -0.2) is 93.5 Å². The molecule has 1 aliphatic rings. The number of hydrogen-bond donors (Lipinski definition) is 1. The van der Waals surface area contributed by atoms with Gasteiger partial charge in [-0.15, -0.1) is 0 Å². The molecule has 1 saturated heterocycles. The molecule has 1 amide bonds. The van der Waals surface area contributed by atoms with E-state index in [1.807, 2.05) is 31.3 Å². The number of fused-ring (bicyclic) bond motifs is 1. The molecule has 0 radical (unpaired) electrons. The van der Waals surface area contributed by atoms with Crippen LogP contribution >= 0.6 is 11.6 Å². The number of amides is 1. The molecule has 0 atom stereocenters. The van der Waals surface area contributed by atoms with Gasteiger partial charge < -0.3 is 19.4 Å². The van der Waals surface area contributed by atoms with Crippen LogP contribution < -0.4 is 0 Å². The molecule has 1 aromatic heterocycles. The van der Waals surface area contributed by atoms with Crippen LogP contribution in [0.5, 0.6) is 0 Å². The summed E-state index contributed by atoms with van der Waals surface area (Å²) in [5, 5.41) is 7.37. The third kappa shape index (κ3) is 6.49. The van der Waals surface area contributed by atoms with Crippen LogP contribution in [0.4, 0.5) is 0 Å². The van der Waals surface area contributed by atoms with Gasteiger partial charge in [-0.1, -0.05) is 35.9 Å². The number of aromatic amines is 1. The standard InChI is InChI=1S/C25H30ClN5O5S/c1-29(17-25(35-2)36-3)27-14-18-4-6-19(7-5-18)15-30-10-11-31(16-24(30)32)37(33,34)23-13-20-12-21(26)8-9-22(20)28-23/h4-9,12-14,25,28H,10-11,15-17H2,1-3H3. The number of nitrogens with zero attached hydrogens (tertiary/aromatic N) is 4. The number of nitrogens with one attached hydrogen (secondary N) is 1. The molecular formula is C25H30ClN5O5S. The summed E-state index contributed by atoms with van der Waals surface area (Å²) in [4.78, 5) is 17.4. The second kappa shape index (κ2) is 11.6. The number of halogens is 1. The van der Waals surface area contributed by atoms with E-state index in [1.165, 1.54) is 4.31 Å². The molecule has 12 heteroatoms. The Bertz CT molecular complexity index is 1370. The Morgan fingerprint density at radius 1 is 1.14 bits per heavy atom. The van der Waals surface area contributed by atoms with E-state index in [4.69, 9.17) is 21.1 Å². The number of sulfonamides is 1. The molecule has 3 aromatic rings. The fourth-order valence-corrected chi connectivity index (χ4v) is 5.59. The van der Waals surface area contributed by atoms with Gasteiger partial charge in [0.2, 0.25) is 5.91 Å². The molecule has 0 saturated carbocycles. The number of H-pyrrole nitrogens is 1. The lowest BCUT2D eigenvalue weighted by molar-refractivity contribution is -0.134. The molecule has 37 heavy (non-hydrogen) atoms. The molecule has 1 fully saturated rings. The Kier molecular flexibility index (Phi) is 8.50. The molecule has 2 aromatic carbocycles. The lowest BCUT2D eigenvalue weighted by Crippen LogP contribution is -2.51. The Balaban J connectivity index is 1.34. The first-order valence-electron chi connectivity index (χ1n) is 11.7. The van der Waals surface area contributed by atoms with Crippen LogP contribution in [-0.2, 0) is 30.8 Å². The number of rotatable bonds is 10. The summed E-state index contributed by atoms with van der Waals surface area (Å²) >= 11 is 6.02. The number of hydrogen-bond acceptors (Lipinski definition) is 7. The van der Waals surface area contributed by atoms with Crippen molar-refractivity contribution in [2.45, 2.75) is 17.9 Å². The van der Waals surface area contributed by atoms with Gasteiger partial charge in [0.1, 0.15) is 5.03 Å². The molecule has 0 spiro atoms. The highest BCUT2D eigenvalue weighted by molar-refractivity contribution is 7.89. The molecule has 198 valence electrons. The SMILES string of the molecule is COC(CN(C)N=Cc1ccc(CN2CCN(S(=O)(=O)c3cc4cc(Cl)ccc4[nH]3)CC2=O)cc1)OC. The zero-order chi connectivity index (χ0) is 26.6. The maximum atomic E-state index is 13.2. The predicted octanol–water partition coefficient (Wildman–Crippen LogP) is 2.74. The van der Waals surface area contributed by atoms with Gasteiger partial charge in [-0.2, -0.15) is 9.41 Å². The average molecular weight is 548 g/mol. The number of ether oxygens (including phenoxy) is 2. The maximum Gasteiger partial charge on any atom is 0.259 e. The quantitative estimate of drug-likeness (QED) is 0.238. The van der Waals surface area contributed by atoms with Gasteiger partial charge in [-0.25, -0.2) is 8.42 Å². The molecule has 0 aliphatic carbocycles. The lowest BCUT2D eigenvalue weighted by atomic mass is 10.1. The van der Waals surface area contributed by atoms with Gasteiger partial charge in [-0.05, 0) is 35.4 Å². The molecule has 2 heterocycles. The van der Waals surface area contributed by atoms with E-state index in [9.17, 15) is 13.2 Å². The number of carbonyl (C=O) groups is 1. The van der Waals surface area contributed by atoms with E-state index in [2.05, 4.69) is 10.1 Å². The summed E-state index contributed by atoms with van der Waals surface area (Å²) in [6, 6.07) is 14.4. The van der Waals surface area contributed by atoms with Gasteiger partial charge in [-0.3, -0.25) is 9.80 Å². The van der Waals surface area contributed by atoms with Crippen LogP contribution in [0, 0.1) is 0 Å². The number of hydrazone groups is 1. The van der Waals surface area contributed by atoms with Crippen LogP contribution in [0.2, 0.25) is 5.02 Å². The summed E-state index contributed by atoms with van der Waals surface area (Å²) in [6.45, 7) is 1.20. The van der Waals surface area contributed by atoms with Crippen molar-refractivity contribution in [1.29, 1.82) is 0 Å². The second-order valence-corrected chi connectivity index (χ2v) is 11.1. The van der Waals surface area contributed by atoms with Crippen LogP contribution in [0.1, 0.15) is 11.1 Å². The summed E-state index contributed by atoms with van der Waals surface area (Å²) < 4.78 is 37.9. The largest absolute Gasteiger partial charge is 0.354 e. The van der Waals surface area contributed by atoms with E-state index in [0.717, 1.165) is 11.1 Å². The van der Waals surface area contributed by atoms with Crippen LogP contribution in [0.3, 0.4) is 0 Å². The highest BCUT2D eigenvalue weighted by Gasteiger charge is 2.33. The minimum absolute atomic E-state index is 0.0499. The van der Waals surface area contributed by atoms with Crippen molar-refractivity contribution < 1.29 is 22.7 Å². The lowest BCUT2D eigenvalue weighted by Gasteiger charge is -2.33. The minimum Gasteiger partial charge on any atom is -0.354 e. The van der Waals surface area contributed by atoms with E-state index in [1.54, 1.807) is 54.6 Å². The zero-order valence-corrected chi connectivity index (χ0v) is 22.5. The van der Waals surface area contributed by atoms with Crippen molar-refractivity contribution in [1.82, 2.24) is 19.2 Å². The van der Waals surface area contributed by atoms with Crippen molar-refractivity contribution in [3.8, 4) is 0 Å². The molecule has 0 bridgehead atoms. The molecule has 1 N–H and O–H groups in total. The number of aromatic nitrogens is 1. The van der Waals surface area contributed by atoms with Gasteiger partial charge in [0.25, 0.3) is 10.0 Å². The van der Waals surface area contributed by atoms with Crippen molar-refractivity contribution in [2.24, 2.45) is 5.10 Å². The fraction of sp³-hybridized carbons (Fsp3) is 0.360.